The standard InChI is InChI=1S/C13H17BrFNS/c1-16-13(9-4-5-17-8-9)7-10-6-11(14)2-3-12(10)15/h2-3,6,9,13,16H,4-5,7-8H2,1H3. The third-order valence-electron chi connectivity index (χ3n) is 3.35. The lowest BCUT2D eigenvalue weighted by molar-refractivity contribution is 0.399. The van der Waals surface area contributed by atoms with Gasteiger partial charge in [0.05, 0.1) is 0 Å². The molecule has 1 aliphatic heterocycles. The number of hydrogen-bond acceptors (Lipinski definition) is 2. The van der Waals surface area contributed by atoms with Gasteiger partial charge in [0.15, 0.2) is 0 Å². The molecule has 17 heavy (non-hydrogen) atoms. The lowest BCUT2D eigenvalue weighted by atomic mass is 9.93. The Morgan fingerprint density at radius 2 is 2.41 bits per heavy atom. The Labute approximate surface area is 115 Å². The molecule has 4 heteroatoms. The zero-order valence-electron chi connectivity index (χ0n) is 9.88. The number of halogens is 2. The highest BCUT2D eigenvalue weighted by molar-refractivity contribution is 9.10. The van der Waals surface area contributed by atoms with Crippen LogP contribution in [0, 0.1) is 11.7 Å². The van der Waals surface area contributed by atoms with Crippen LogP contribution in [0.1, 0.15) is 12.0 Å². The average Bonchev–Trinajstić information content (AvgIpc) is 2.84. The monoisotopic (exact) mass is 317 g/mol. The van der Waals surface area contributed by atoms with Crippen LogP contribution in [0.4, 0.5) is 4.39 Å². The molecule has 2 atom stereocenters. The number of rotatable bonds is 4. The van der Waals surface area contributed by atoms with E-state index in [1.54, 1.807) is 6.07 Å². The van der Waals surface area contributed by atoms with Crippen molar-refractivity contribution in [3.63, 3.8) is 0 Å². The molecule has 1 heterocycles. The summed E-state index contributed by atoms with van der Waals surface area (Å²) in [6, 6.07) is 5.56. The van der Waals surface area contributed by atoms with Gasteiger partial charge in [-0.2, -0.15) is 11.8 Å². The van der Waals surface area contributed by atoms with Crippen molar-refractivity contribution in [1.82, 2.24) is 5.32 Å². The van der Waals surface area contributed by atoms with Crippen molar-refractivity contribution in [1.29, 1.82) is 0 Å². The van der Waals surface area contributed by atoms with Gasteiger partial charge in [-0.15, -0.1) is 0 Å². The molecule has 1 nitrogen and oxygen atoms in total. The molecule has 1 aliphatic rings. The summed E-state index contributed by atoms with van der Waals surface area (Å²) in [5, 5.41) is 3.34. The van der Waals surface area contributed by atoms with Crippen molar-refractivity contribution < 1.29 is 4.39 Å². The van der Waals surface area contributed by atoms with Gasteiger partial charge in [0, 0.05) is 10.5 Å². The molecule has 1 saturated heterocycles. The molecule has 2 rings (SSSR count). The summed E-state index contributed by atoms with van der Waals surface area (Å²) in [6.45, 7) is 0. The van der Waals surface area contributed by atoms with Crippen molar-refractivity contribution in [2.24, 2.45) is 5.92 Å². The molecular weight excluding hydrogens is 301 g/mol. The Kier molecular flexibility index (Phi) is 4.88. The lowest BCUT2D eigenvalue weighted by Gasteiger charge is -2.22. The minimum absolute atomic E-state index is 0.0981. The van der Waals surface area contributed by atoms with E-state index in [1.165, 1.54) is 24.0 Å². The highest BCUT2D eigenvalue weighted by Gasteiger charge is 2.25. The van der Waals surface area contributed by atoms with Crippen LogP contribution in [0.3, 0.4) is 0 Å². The van der Waals surface area contributed by atoms with Gasteiger partial charge >= 0.3 is 0 Å². The summed E-state index contributed by atoms with van der Waals surface area (Å²) in [7, 11) is 1.98. The van der Waals surface area contributed by atoms with Gasteiger partial charge in [0.2, 0.25) is 0 Å². The van der Waals surface area contributed by atoms with E-state index < -0.39 is 0 Å². The first-order valence-electron chi connectivity index (χ1n) is 5.89. The molecule has 0 spiro atoms. The van der Waals surface area contributed by atoms with Crippen LogP contribution in [-0.4, -0.2) is 24.6 Å². The molecule has 1 aromatic rings. The van der Waals surface area contributed by atoms with E-state index >= 15 is 0 Å². The number of nitrogens with one attached hydrogen (secondary N) is 1. The van der Waals surface area contributed by atoms with E-state index in [0.717, 1.165) is 16.5 Å². The summed E-state index contributed by atoms with van der Waals surface area (Å²) < 4.78 is 14.6. The Bertz CT molecular complexity index is 380. The second kappa shape index (κ2) is 6.21. The van der Waals surface area contributed by atoms with Gasteiger partial charge in [-0.3, -0.25) is 0 Å². The topological polar surface area (TPSA) is 12.0 Å². The van der Waals surface area contributed by atoms with E-state index in [9.17, 15) is 4.39 Å². The summed E-state index contributed by atoms with van der Waals surface area (Å²) in [4.78, 5) is 0. The maximum absolute atomic E-state index is 13.7. The maximum Gasteiger partial charge on any atom is 0.126 e. The van der Waals surface area contributed by atoms with Crippen LogP contribution in [0.25, 0.3) is 0 Å². The molecule has 1 aromatic carbocycles. The Morgan fingerprint density at radius 1 is 1.59 bits per heavy atom. The molecule has 0 bridgehead atoms. The zero-order valence-corrected chi connectivity index (χ0v) is 12.3. The van der Waals surface area contributed by atoms with E-state index in [2.05, 4.69) is 21.2 Å². The molecule has 1 N–H and O–H groups in total. The van der Waals surface area contributed by atoms with Gasteiger partial charge in [-0.25, -0.2) is 4.39 Å². The second-order valence-corrected chi connectivity index (χ2v) is 6.52. The van der Waals surface area contributed by atoms with Gasteiger partial charge in [-0.1, -0.05) is 15.9 Å². The highest BCUT2D eigenvalue weighted by atomic mass is 79.9. The van der Waals surface area contributed by atoms with Crippen LogP contribution in [0.15, 0.2) is 22.7 Å². The molecule has 0 aliphatic carbocycles. The fourth-order valence-electron chi connectivity index (χ4n) is 2.31. The van der Waals surface area contributed by atoms with Crippen LogP contribution >= 0.6 is 27.7 Å². The van der Waals surface area contributed by atoms with Gasteiger partial charge in [0.25, 0.3) is 0 Å². The first kappa shape index (κ1) is 13.4. The normalized spacial score (nSPS) is 21.7. The summed E-state index contributed by atoms with van der Waals surface area (Å²) in [5.74, 6) is 3.01. The molecule has 0 saturated carbocycles. The molecular formula is C13H17BrFNS. The quantitative estimate of drug-likeness (QED) is 0.912. The maximum atomic E-state index is 13.7. The second-order valence-electron chi connectivity index (χ2n) is 4.46. The van der Waals surface area contributed by atoms with Crippen molar-refractivity contribution in [2.75, 3.05) is 18.6 Å². The van der Waals surface area contributed by atoms with Gasteiger partial charge in [0.1, 0.15) is 5.82 Å². The van der Waals surface area contributed by atoms with Crippen LogP contribution in [0.5, 0.6) is 0 Å². The molecule has 0 radical (unpaired) electrons. The van der Waals surface area contributed by atoms with Gasteiger partial charge < -0.3 is 5.32 Å². The largest absolute Gasteiger partial charge is 0.316 e. The molecule has 2 unspecified atom stereocenters. The predicted molar refractivity (Wildman–Crippen MR) is 76.1 cm³/mol. The van der Waals surface area contributed by atoms with Gasteiger partial charge in [-0.05, 0) is 61.1 Å². The summed E-state index contributed by atoms with van der Waals surface area (Å²) >= 11 is 5.40. The summed E-state index contributed by atoms with van der Waals surface area (Å²) in [5.41, 5.74) is 0.802. The van der Waals surface area contributed by atoms with E-state index in [0.29, 0.717) is 12.0 Å². The Morgan fingerprint density at radius 3 is 3.06 bits per heavy atom. The van der Waals surface area contributed by atoms with Crippen LogP contribution < -0.4 is 5.32 Å². The third-order valence-corrected chi connectivity index (χ3v) is 5.03. The third kappa shape index (κ3) is 3.46. The minimum atomic E-state index is -0.0981. The Hall–Kier alpha value is -0.0600. The average molecular weight is 318 g/mol. The smallest absolute Gasteiger partial charge is 0.126 e. The number of hydrogen-bond donors (Lipinski definition) is 1. The van der Waals surface area contributed by atoms with Crippen molar-refractivity contribution in [2.45, 2.75) is 18.9 Å². The first-order valence-corrected chi connectivity index (χ1v) is 7.84. The van der Waals surface area contributed by atoms with E-state index in [-0.39, 0.29) is 5.82 Å². The summed E-state index contributed by atoms with van der Waals surface area (Å²) in [6.07, 6.45) is 2.01. The lowest BCUT2D eigenvalue weighted by Crippen LogP contribution is -2.35. The predicted octanol–water partition coefficient (Wildman–Crippen LogP) is 3.47. The van der Waals surface area contributed by atoms with Crippen molar-refractivity contribution in [3.05, 3.63) is 34.1 Å². The number of likely N-dealkylation sites (N-methyl/N-ethyl adjacent to an activating group) is 1. The van der Waals surface area contributed by atoms with Crippen LogP contribution in [-0.2, 0) is 6.42 Å². The van der Waals surface area contributed by atoms with Crippen molar-refractivity contribution in [3.8, 4) is 0 Å². The fourth-order valence-corrected chi connectivity index (χ4v) is 4.06. The molecule has 0 amide bonds. The fraction of sp³-hybridized carbons (Fsp3) is 0.538. The van der Waals surface area contributed by atoms with Crippen LogP contribution in [0.2, 0.25) is 0 Å². The Balaban J connectivity index is 2.09. The number of benzene rings is 1. The zero-order chi connectivity index (χ0) is 12.3. The SMILES string of the molecule is CNC(Cc1cc(Br)ccc1F)C1CCSC1. The minimum Gasteiger partial charge on any atom is -0.316 e. The number of thioether (sulfide) groups is 1. The molecule has 0 aromatic heterocycles. The van der Waals surface area contributed by atoms with Crippen molar-refractivity contribution >= 4 is 27.7 Å². The first-order chi connectivity index (χ1) is 8.20. The molecule has 94 valence electrons. The molecule has 1 fully saturated rings. The van der Waals surface area contributed by atoms with E-state index in [4.69, 9.17) is 0 Å². The highest BCUT2D eigenvalue weighted by Crippen LogP contribution is 2.28. The van der Waals surface area contributed by atoms with E-state index in [1.807, 2.05) is 24.9 Å².